The van der Waals surface area contributed by atoms with Crippen LogP contribution < -0.4 is 14.8 Å². The number of ether oxygens (including phenoxy) is 2. The number of carbonyl (C=O) groups is 1. The first kappa shape index (κ1) is 14.4. The van der Waals surface area contributed by atoms with Crippen LogP contribution in [0.4, 0.5) is 0 Å². The quantitative estimate of drug-likeness (QED) is 0.920. The third kappa shape index (κ3) is 3.11. The molecule has 0 fully saturated rings. The monoisotopic (exact) mass is 291 g/mol. The van der Waals surface area contributed by atoms with E-state index in [1.165, 1.54) is 11.3 Å². The first-order chi connectivity index (χ1) is 9.65. The zero-order chi connectivity index (χ0) is 14.5. The Hall–Kier alpha value is -2.01. The molecular formula is C15H17NO3S. The number of amides is 1. The Balaban J connectivity index is 2.13. The topological polar surface area (TPSA) is 47.6 Å². The highest BCUT2D eigenvalue weighted by Gasteiger charge is 2.14. The molecule has 1 atom stereocenters. The smallest absolute Gasteiger partial charge is 0.261 e. The van der Waals surface area contributed by atoms with Crippen LogP contribution in [0.3, 0.4) is 0 Å². The van der Waals surface area contributed by atoms with E-state index in [-0.39, 0.29) is 11.9 Å². The van der Waals surface area contributed by atoms with Gasteiger partial charge < -0.3 is 14.8 Å². The van der Waals surface area contributed by atoms with Crippen LogP contribution in [0.5, 0.6) is 11.5 Å². The zero-order valence-electron chi connectivity index (χ0n) is 11.7. The second-order valence-electron chi connectivity index (χ2n) is 4.29. The lowest BCUT2D eigenvalue weighted by Gasteiger charge is -2.16. The number of carbonyl (C=O) groups excluding carboxylic acids is 1. The number of hydrogen-bond acceptors (Lipinski definition) is 4. The van der Waals surface area contributed by atoms with Crippen molar-refractivity contribution < 1.29 is 14.3 Å². The number of rotatable bonds is 5. The van der Waals surface area contributed by atoms with Gasteiger partial charge in [-0.05, 0) is 36.1 Å². The molecule has 1 aromatic heterocycles. The maximum absolute atomic E-state index is 12.0. The van der Waals surface area contributed by atoms with Gasteiger partial charge in [-0.25, -0.2) is 0 Å². The summed E-state index contributed by atoms with van der Waals surface area (Å²) in [5.41, 5.74) is 0.965. The maximum atomic E-state index is 12.0. The van der Waals surface area contributed by atoms with Gasteiger partial charge in [0.25, 0.3) is 5.91 Å². The third-order valence-electron chi connectivity index (χ3n) is 3.00. The number of benzene rings is 1. The molecule has 1 N–H and O–H groups in total. The van der Waals surface area contributed by atoms with E-state index >= 15 is 0 Å². The average molecular weight is 291 g/mol. The first-order valence-electron chi connectivity index (χ1n) is 6.22. The van der Waals surface area contributed by atoms with Crippen LogP contribution in [0.15, 0.2) is 35.7 Å². The standard InChI is InChI=1S/C15H17NO3S/c1-10(16-15(17)14-5-4-8-20-14)11-6-7-12(18-2)13(9-11)19-3/h4-10H,1-3H3,(H,16,17)/t10-/m0/s1. The molecule has 0 saturated carbocycles. The second-order valence-corrected chi connectivity index (χ2v) is 5.23. The van der Waals surface area contributed by atoms with Crippen LogP contribution in [0, 0.1) is 0 Å². The number of thiophene rings is 1. The minimum Gasteiger partial charge on any atom is -0.493 e. The van der Waals surface area contributed by atoms with Crippen molar-refractivity contribution in [3.05, 3.63) is 46.2 Å². The summed E-state index contributed by atoms with van der Waals surface area (Å²) in [5, 5.41) is 4.85. The van der Waals surface area contributed by atoms with E-state index in [0.717, 1.165) is 5.56 Å². The normalized spacial score (nSPS) is 11.8. The highest BCUT2D eigenvalue weighted by atomic mass is 32.1. The predicted molar refractivity (Wildman–Crippen MR) is 79.7 cm³/mol. The predicted octanol–water partition coefficient (Wildman–Crippen LogP) is 3.26. The van der Waals surface area contributed by atoms with E-state index in [0.29, 0.717) is 16.4 Å². The number of nitrogens with one attached hydrogen (secondary N) is 1. The molecule has 0 bridgehead atoms. The van der Waals surface area contributed by atoms with E-state index in [2.05, 4.69) is 5.32 Å². The fraction of sp³-hybridized carbons (Fsp3) is 0.267. The van der Waals surface area contributed by atoms with E-state index < -0.39 is 0 Å². The molecule has 0 aliphatic heterocycles. The summed E-state index contributed by atoms with van der Waals surface area (Å²) in [5.74, 6) is 1.26. The number of methoxy groups -OCH3 is 2. The number of hydrogen-bond donors (Lipinski definition) is 1. The van der Waals surface area contributed by atoms with Gasteiger partial charge >= 0.3 is 0 Å². The van der Waals surface area contributed by atoms with Crippen molar-refractivity contribution in [2.75, 3.05) is 14.2 Å². The van der Waals surface area contributed by atoms with Gasteiger partial charge in [-0.1, -0.05) is 12.1 Å². The minimum absolute atomic E-state index is 0.0673. The van der Waals surface area contributed by atoms with Crippen LogP contribution in [0.1, 0.15) is 28.2 Å². The molecule has 4 nitrogen and oxygen atoms in total. The molecule has 0 radical (unpaired) electrons. The maximum Gasteiger partial charge on any atom is 0.261 e. The summed E-state index contributed by atoms with van der Waals surface area (Å²) in [4.78, 5) is 12.7. The summed E-state index contributed by atoms with van der Waals surface area (Å²) in [6.07, 6.45) is 0. The van der Waals surface area contributed by atoms with Gasteiger partial charge in [0.1, 0.15) is 0 Å². The summed E-state index contributed by atoms with van der Waals surface area (Å²) < 4.78 is 10.5. The molecule has 1 heterocycles. The van der Waals surface area contributed by atoms with Crippen LogP contribution >= 0.6 is 11.3 Å². The molecule has 106 valence electrons. The van der Waals surface area contributed by atoms with Gasteiger partial charge in [-0.15, -0.1) is 11.3 Å². The van der Waals surface area contributed by atoms with Gasteiger partial charge in [0.05, 0.1) is 25.1 Å². The lowest BCUT2D eigenvalue weighted by Crippen LogP contribution is -2.25. The van der Waals surface area contributed by atoms with Crippen molar-refractivity contribution in [1.29, 1.82) is 0 Å². The van der Waals surface area contributed by atoms with Gasteiger partial charge in [0.15, 0.2) is 11.5 Å². The second kappa shape index (κ2) is 6.43. The van der Waals surface area contributed by atoms with Crippen molar-refractivity contribution in [3.63, 3.8) is 0 Å². The van der Waals surface area contributed by atoms with Crippen molar-refractivity contribution in [3.8, 4) is 11.5 Å². The van der Waals surface area contributed by atoms with Crippen molar-refractivity contribution in [2.24, 2.45) is 0 Å². The summed E-state index contributed by atoms with van der Waals surface area (Å²) >= 11 is 1.43. The fourth-order valence-corrected chi connectivity index (χ4v) is 2.51. The Bertz CT molecular complexity index is 581. The minimum atomic E-state index is -0.107. The highest BCUT2D eigenvalue weighted by Crippen LogP contribution is 2.30. The molecule has 0 aliphatic carbocycles. The summed E-state index contributed by atoms with van der Waals surface area (Å²) in [7, 11) is 3.19. The van der Waals surface area contributed by atoms with E-state index in [1.54, 1.807) is 20.3 Å². The zero-order valence-corrected chi connectivity index (χ0v) is 12.5. The van der Waals surface area contributed by atoms with Gasteiger partial charge in [0, 0.05) is 0 Å². The van der Waals surface area contributed by atoms with Gasteiger partial charge in [-0.2, -0.15) is 0 Å². The van der Waals surface area contributed by atoms with Gasteiger partial charge in [-0.3, -0.25) is 4.79 Å². The molecule has 2 rings (SSSR count). The highest BCUT2D eigenvalue weighted by molar-refractivity contribution is 7.12. The molecule has 1 amide bonds. The molecule has 0 unspecified atom stereocenters. The SMILES string of the molecule is COc1ccc([C@H](C)NC(=O)c2cccs2)cc1OC. The average Bonchev–Trinajstić information content (AvgIpc) is 3.00. The Morgan fingerprint density at radius 1 is 1.20 bits per heavy atom. The third-order valence-corrected chi connectivity index (χ3v) is 3.87. The Kier molecular flexibility index (Phi) is 4.63. The van der Waals surface area contributed by atoms with Crippen LogP contribution in [0.2, 0.25) is 0 Å². The molecule has 2 aromatic rings. The lowest BCUT2D eigenvalue weighted by molar-refractivity contribution is 0.0944. The Morgan fingerprint density at radius 2 is 1.95 bits per heavy atom. The summed E-state index contributed by atoms with van der Waals surface area (Å²) in [6, 6.07) is 9.19. The van der Waals surface area contributed by atoms with Crippen LogP contribution in [-0.4, -0.2) is 20.1 Å². The Morgan fingerprint density at radius 3 is 2.55 bits per heavy atom. The fourth-order valence-electron chi connectivity index (χ4n) is 1.88. The molecule has 5 heteroatoms. The van der Waals surface area contributed by atoms with Crippen molar-refractivity contribution >= 4 is 17.2 Å². The lowest BCUT2D eigenvalue weighted by atomic mass is 10.1. The van der Waals surface area contributed by atoms with Crippen LogP contribution in [-0.2, 0) is 0 Å². The largest absolute Gasteiger partial charge is 0.493 e. The molecule has 0 aliphatic rings. The molecular weight excluding hydrogens is 274 g/mol. The molecule has 0 spiro atoms. The molecule has 1 aromatic carbocycles. The van der Waals surface area contributed by atoms with Crippen LogP contribution in [0.25, 0.3) is 0 Å². The van der Waals surface area contributed by atoms with Crippen molar-refractivity contribution in [2.45, 2.75) is 13.0 Å². The first-order valence-corrected chi connectivity index (χ1v) is 7.10. The molecule has 0 saturated heterocycles. The van der Waals surface area contributed by atoms with E-state index in [1.807, 2.05) is 36.6 Å². The van der Waals surface area contributed by atoms with Gasteiger partial charge in [0.2, 0.25) is 0 Å². The Labute approximate surface area is 122 Å². The van der Waals surface area contributed by atoms with E-state index in [4.69, 9.17) is 9.47 Å². The van der Waals surface area contributed by atoms with E-state index in [9.17, 15) is 4.79 Å². The summed E-state index contributed by atoms with van der Waals surface area (Å²) in [6.45, 7) is 1.94. The molecule has 20 heavy (non-hydrogen) atoms. The van der Waals surface area contributed by atoms with Crippen molar-refractivity contribution in [1.82, 2.24) is 5.32 Å².